The van der Waals surface area contributed by atoms with Gasteiger partial charge in [-0.25, -0.2) is 19.7 Å². The number of anilines is 2. The average molecular weight is 390 g/mol. The average Bonchev–Trinajstić information content (AvgIpc) is 2.73. The lowest BCUT2D eigenvalue weighted by Crippen LogP contribution is -2.25. The number of fused-ring (bicyclic) bond motifs is 1. The van der Waals surface area contributed by atoms with Crippen molar-refractivity contribution in [3.05, 3.63) is 41.6 Å². The van der Waals surface area contributed by atoms with E-state index in [-0.39, 0.29) is 5.69 Å². The fourth-order valence-electron chi connectivity index (χ4n) is 3.11. The second-order valence-electron chi connectivity index (χ2n) is 6.66. The molecule has 3 aromatic rings. The fourth-order valence-corrected chi connectivity index (χ4v) is 3.11. The molecule has 2 aromatic heterocycles. The summed E-state index contributed by atoms with van der Waals surface area (Å²) in [4.78, 5) is 29.3. The molecule has 0 amide bonds. The van der Waals surface area contributed by atoms with Crippen molar-refractivity contribution in [2.24, 2.45) is 0 Å². The van der Waals surface area contributed by atoms with Crippen molar-refractivity contribution in [2.45, 2.75) is 13.8 Å². The lowest BCUT2D eigenvalue weighted by atomic mass is 10.1. The maximum absolute atomic E-state index is 11.7. The Balaban J connectivity index is 2.45. The summed E-state index contributed by atoms with van der Waals surface area (Å²) in [7, 11) is 3.66. The molecule has 148 valence electrons. The number of rotatable bonds is 6. The molecule has 8 nitrogen and oxygen atoms in total. The van der Waals surface area contributed by atoms with Gasteiger partial charge in [0.2, 0.25) is 5.95 Å². The van der Waals surface area contributed by atoms with Crippen molar-refractivity contribution in [3.63, 3.8) is 0 Å². The molecule has 2 heterocycles. The van der Waals surface area contributed by atoms with Gasteiger partial charge in [-0.3, -0.25) is 0 Å². The van der Waals surface area contributed by atoms with Crippen LogP contribution in [0.1, 0.15) is 29.9 Å². The van der Waals surface area contributed by atoms with Gasteiger partial charge in [-0.15, -0.1) is 0 Å². The molecule has 0 fully saturated rings. The van der Waals surface area contributed by atoms with Gasteiger partial charge in [0.15, 0.2) is 5.69 Å². The Bertz CT molecular complexity index is 1120. The van der Waals surface area contributed by atoms with Gasteiger partial charge < -0.3 is 14.9 Å². The van der Waals surface area contributed by atoms with Gasteiger partial charge >= 0.3 is 5.97 Å². The predicted molar refractivity (Wildman–Crippen MR) is 112 cm³/mol. The molecule has 0 saturated heterocycles. The topological polar surface area (TPSA) is 106 Å². The maximum atomic E-state index is 11.7. The highest BCUT2D eigenvalue weighted by molar-refractivity contribution is 6.01. The Hall–Kier alpha value is -3.73. The van der Waals surface area contributed by atoms with E-state index in [1.165, 1.54) is 6.07 Å². The first-order chi connectivity index (χ1) is 13.9. The summed E-state index contributed by atoms with van der Waals surface area (Å²) in [6.07, 6.45) is 0. The summed E-state index contributed by atoms with van der Waals surface area (Å²) in [6, 6.07) is 10.7. The lowest BCUT2D eigenvalue weighted by Gasteiger charge is -2.22. The van der Waals surface area contributed by atoms with Gasteiger partial charge in [0.05, 0.1) is 17.3 Å². The fraction of sp³-hybridized carbons (Fsp3) is 0.286. The van der Waals surface area contributed by atoms with Gasteiger partial charge in [0, 0.05) is 32.7 Å². The van der Waals surface area contributed by atoms with Gasteiger partial charge in [-0.1, -0.05) is 12.1 Å². The van der Waals surface area contributed by atoms with Gasteiger partial charge in [0.1, 0.15) is 16.7 Å². The summed E-state index contributed by atoms with van der Waals surface area (Å²) in [6.45, 7) is 5.48. The minimum atomic E-state index is -1.13. The SMILES string of the molecule is CCN(CC)c1nc(-c2cccc(C#N)c2)c2nc(C(=O)O)cc(N(C)C)c2n1. The van der Waals surface area contributed by atoms with Crippen molar-refractivity contribution >= 4 is 28.6 Å². The number of hydrogen-bond acceptors (Lipinski definition) is 7. The summed E-state index contributed by atoms with van der Waals surface area (Å²) in [5.74, 6) is -0.590. The van der Waals surface area contributed by atoms with Crippen LogP contribution in [0.5, 0.6) is 0 Å². The number of carbonyl (C=O) groups is 1. The Labute approximate surface area is 169 Å². The molecule has 3 rings (SSSR count). The van der Waals surface area contributed by atoms with Crippen molar-refractivity contribution in [1.29, 1.82) is 5.26 Å². The molecule has 0 unspecified atom stereocenters. The zero-order chi connectivity index (χ0) is 21.1. The highest BCUT2D eigenvalue weighted by Gasteiger charge is 2.20. The third-order valence-electron chi connectivity index (χ3n) is 4.63. The van der Waals surface area contributed by atoms with E-state index >= 15 is 0 Å². The zero-order valence-electron chi connectivity index (χ0n) is 16.8. The van der Waals surface area contributed by atoms with E-state index in [0.29, 0.717) is 39.5 Å². The molecule has 0 radical (unpaired) electrons. The quantitative estimate of drug-likeness (QED) is 0.684. The number of carboxylic acids is 1. The zero-order valence-corrected chi connectivity index (χ0v) is 16.8. The van der Waals surface area contributed by atoms with Crippen LogP contribution in [-0.4, -0.2) is 53.2 Å². The van der Waals surface area contributed by atoms with E-state index in [0.717, 1.165) is 13.1 Å². The van der Waals surface area contributed by atoms with Gasteiger partial charge in [-0.2, -0.15) is 5.26 Å². The molecular formula is C21H22N6O2. The molecule has 0 atom stereocenters. The van der Waals surface area contributed by atoms with Crippen LogP contribution in [0.25, 0.3) is 22.3 Å². The summed E-state index contributed by atoms with van der Waals surface area (Å²) < 4.78 is 0. The molecular weight excluding hydrogens is 368 g/mol. The Kier molecular flexibility index (Phi) is 5.59. The molecule has 1 aromatic carbocycles. The smallest absolute Gasteiger partial charge is 0.354 e. The third-order valence-corrected chi connectivity index (χ3v) is 4.63. The number of hydrogen-bond donors (Lipinski definition) is 1. The number of aromatic nitrogens is 3. The van der Waals surface area contributed by atoms with E-state index in [9.17, 15) is 15.2 Å². The Morgan fingerprint density at radius 1 is 1.10 bits per heavy atom. The highest BCUT2D eigenvalue weighted by atomic mass is 16.4. The Morgan fingerprint density at radius 3 is 2.41 bits per heavy atom. The lowest BCUT2D eigenvalue weighted by molar-refractivity contribution is 0.0691. The second kappa shape index (κ2) is 8.10. The van der Waals surface area contributed by atoms with Crippen molar-refractivity contribution in [1.82, 2.24) is 15.0 Å². The van der Waals surface area contributed by atoms with Crippen LogP contribution < -0.4 is 9.80 Å². The van der Waals surface area contributed by atoms with Crippen LogP contribution in [0.3, 0.4) is 0 Å². The van der Waals surface area contributed by atoms with Crippen molar-refractivity contribution in [2.75, 3.05) is 37.0 Å². The normalized spacial score (nSPS) is 10.6. The molecule has 0 saturated carbocycles. The first-order valence-corrected chi connectivity index (χ1v) is 9.28. The maximum Gasteiger partial charge on any atom is 0.354 e. The first-order valence-electron chi connectivity index (χ1n) is 9.28. The molecule has 0 aliphatic heterocycles. The van der Waals surface area contributed by atoms with Crippen LogP contribution in [-0.2, 0) is 0 Å². The monoisotopic (exact) mass is 390 g/mol. The van der Waals surface area contributed by atoms with Crippen LogP contribution in [0.15, 0.2) is 30.3 Å². The summed E-state index contributed by atoms with van der Waals surface area (Å²) in [5.41, 5.74) is 3.18. The number of benzene rings is 1. The van der Waals surface area contributed by atoms with E-state index in [1.54, 1.807) is 18.2 Å². The largest absolute Gasteiger partial charge is 0.477 e. The molecule has 0 aliphatic rings. The van der Waals surface area contributed by atoms with Crippen LogP contribution in [0.4, 0.5) is 11.6 Å². The molecule has 0 spiro atoms. The van der Waals surface area contributed by atoms with E-state index in [1.807, 2.05) is 43.8 Å². The molecule has 8 heteroatoms. The minimum Gasteiger partial charge on any atom is -0.477 e. The number of nitrogens with zero attached hydrogens (tertiary/aromatic N) is 6. The summed E-state index contributed by atoms with van der Waals surface area (Å²) >= 11 is 0. The summed E-state index contributed by atoms with van der Waals surface area (Å²) in [5, 5.41) is 18.8. The van der Waals surface area contributed by atoms with Crippen LogP contribution in [0.2, 0.25) is 0 Å². The molecule has 1 N–H and O–H groups in total. The van der Waals surface area contributed by atoms with E-state index in [2.05, 4.69) is 11.1 Å². The van der Waals surface area contributed by atoms with Crippen molar-refractivity contribution < 1.29 is 9.90 Å². The second-order valence-corrected chi connectivity index (χ2v) is 6.66. The Morgan fingerprint density at radius 2 is 1.83 bits per heavy atom. The van der Waals surface area contributed by atoms with Crippen LogP contribution >= 0.6 is 0 Å². The number of carboxylic acid groups (broad SMARTS) is 1. The molecule has 0 aliphatic carbocycles. The molecule has 29 heavy (non-hydrogen) atoms. The van der Waals surface area contributed by atoms with Crippen molar-refractivity contribution in [3.8, 4) is 17.3 Å². The minimum absolute atomic E-state index is 0.0851. The van der Waals surface area contributed by atoms with Gasteiger partial charge in [-0.05, 0) is 32.0 Å². The first kappa shape index (κ1) is 20.0. The number of pyridine rings is 1. The van der Waals surface area contributed by atoms with E-state index < -0.39 is 5.97 Å². The third kappa shape index (κ3) is 3.80. The molecule has 0 bridgehead atoms. The van der Waals surface area contributed by atoms with E-state index in [4.69, 9.17) is 9.97 Å². The number of aromatic carboxylic acids is 1. The van der Waals surface area contributed by atoms with Gasteiger partial charge in [0.25, 0.3) is 0 Å². The highest BCUT2D eigenvalue weighted by Crippen LogP contribution is 2.33. The number of nitriles is 1. The standard InChI is InChI=1S/C21H22N6O2/c1-5-27(6-2)21-24-17(14-9-7-8-13(10-14)12-22)19-18(25-21)16(26(3)4)11-15(23-19)20(28)29/h7-11H,5-6H2,1-4H3,(H,28,29). The van der Waals surface area contributed by atoms with Crippen LogP contribution in [0, 0.1) is 11.3 Å². The predicted octanol–water partition coefficient (Wildman–Crippen LogP) is 3.17.